The van der Waals surface area contributed by atoms with Crippen LogP contribution in [-0.2, 0) is 0 Å². The van der Waals surface area contributed by atoms with Crippen LogP contribution in [0.5, 0.6) is 0 Å². The molecule has 0 saturated carbocycles. The lowest BCUT2D eigenvalue weighted by Crippen LogP contribution is -1.97. The molecular weight excluding hydrogens is 344 g/mol. The summed E-state index contributed by atoms with van der Waals surface area (Å²) in [5.41, 5.74) is -0.237. The third-order valence-corrected chi connectivity index (χ3v) is 2.84. The molecule has 4 nitrogen and oxygen atoms in total. The summed E-state index contributed by atoms with van der Waals surface area (Å²) in [6.07, 6.45) is 0. The molecule has 0 fully saturated rings. The van der Waals surface area contributed by atoms with Gasteiger partial charge in [0.15, 0.2) is 0 Å². The lowest BCUT2D eigenvalue weighted by molar-refractivity contribution is -0.384. The Balaban J connectivity index is 3.42. The van der Waals surface area contributed by atoms with E-state index < -0.39 is 10.2 Å². The molecular formula is C7H2Cl2INO3. The average Bonchev–Trinajstić information content (AvgIpc) is 2.02. The Morgan fingerprint density at radius 3 is 2.50 bits per heavy atom. The van der Waals surface area contributed by atoms with Gasteiger partial charge in [0, 0.05) is 9.64 Å². The third kappa shape index (κ3) is 2.34. The first-order chi connectivity index (χ1) is 6.43. The Morgan fingerprint density at radius 1 is 1.50 bits per heavy atom. The lowest BCUT2D eigenvalue weighted by atomic mass is 10.2. The number of carbonyl (C=O) groups excluding carboxylic acids is 1. The number of benzene rings is 1. The van der Waals surface area contributed by atoms with E-state index in [4.69, 9.17) is 23.2 Å². The van der Waals surface area contributed by atoms with Gasteiger partial charge in [-0.05, 0) is 40.3 Å². The minimum atomic E-state index is -0.742. The Labute approximate surface area is 102 Å². The van der Waals surface area contributed by atoms with E-state index in [1.54, 1.807) is 0 Å². The lowest BCUT2D eigenvalue weighted by Gasteiger charge is -2.00. The van der Waals surface area contributed by atoms with Gasteiger partial charge in [-0.15, -0.1) is 0 Å². The molecule has 0 heterocycles. The summed E-state index contributed by atoms with van der Waals surface area (Å²) in [5.74, 6) is 0. The topological polar surface area (TPSA) is 60.2 Å². The Hall–Kier alpha value is -0.400. The molecule has 74 valence electrons. The largest absolute Gasteiger partial charge is 0.288 e. The SMILES string of the molecule is O=C(Cl)c1cc([N+](=O)[O-])c(Cl)cc1I. The van der Waals surface area contributed by atoms with Crippen molar-refractivity contribution < 1.29 is 9.72 Å². The summed E-state index contributed by atoms with van der Waals surface area (Å²) in [6, 6.07) is 2.40. The van der Waals surface area contributed by atoms with Crippen LogP contribution in [-0.4, -0.2) is 10.2 Å². The molecule has 0 aliphatic rings. The summed E-state index contributed by atoms with van der Waals surface area (Å²) in [5, 5.41) is 9.72. The predicted octanol–water partition coefficient (Wildman–Crippen LogP) is 3.23. The number of halogens is 3. The Bertz CT molecular complexity index is 386. The van der Waals surface area contributed by atoms with Gasteiger partial charge in [-0.1, -0.05) is 11.6 Å². The van der Waals surface area contributed by atoms with Gasteiger partial charge in [-0.25, -0.2) is 0 Å². The van der Waals surface area contributed by atoms with Crippen molar-refractivity contribution in [1.82, 2.24) is 0 Å². The molecule has 0 aliphatic carbocycles. The molecule has 0 N–H and O–H groups in total. The second-order valence-electron chi connectivity index (χ2n) is 2.31. The Morgan fingerprint density at radius 2 is 2.07 bits per heavy atom. The first-order valence-electron chi connectivity index (χ1n) is 3.26. The number of rotatable bonds is 2. The molecule has 1 aromatic carbocycles. The van der Waals surface area contributed by atoms with Crippen LogP contribution in [0.3, 0.4) is 0 Å². The average molecular weight is 346 g/mol. The van der Waals surface area contributed by atoms with Crippen molar-refractivity contribution in [3.63, 3.8) is 0 Å². The highest BCUT2D eigenvalue weighted by molar-refractivity contribution is 14.1. The van der Waals surface area contributed by atoms with Crippen molar-refractivity contribution in [3.05, 3.63) is 36.4 Å². The van der Waals surface area contributed by atoms with E-state index in [1.807, 2.05) is 22.6 Å². The number of carbonyl (C=O) groups is 1. The predicted molar refractivity (Wildman–Crippen MR) is 61.0 cm³/mol. The van der Waals surface area contributed by atoms with Crippen molar-refractivity contribution in [2.24, 2.45) is 0 Å². The van der Waals surface area contributed by atoms with Gasteiger partial charge in [0.05, 0.1) is 10.5 Å². The fourth-order valence-corrected chi connectivity index (χ4v) is 2.27. The fraction of sp³-hybridized carbons (Fsp3) is 0. The minimum Gasteiger partial charge on any atom is -0.276 e. The van der Waals surface area contributed by atoms with Crippen LogP contribution in [0.1, 0.15) is 10.4 Å². The monoisotopic (exact) mass is 345 g/mol. The van der Waals surface area contributed by atoms with E-state index >= 15 is 0 Å². The van der Waals surface area contributed by atoms with Gasteiger partial charge >= 0.3 is 0 Å². The molecule has 0 saturated heterocycles. The van der Waals surface area contributed by atoms with Gasteiger partial charge in [-0.3, -0.25) is 14.9 Å². The number of nitrogens with zero attached hydrogens (tertiary/aromatic N) is 1. The zero-order valence-corrected chi connectivity index (χ0v) is 10.1. The van der Waals surface area contributed by atoms with Crippen molar-refractivity contribution in [2.75, 3.05) is 0 Å². The number of nitro benzene ring substituents is 1. The maximum atomic E-state index is 10.8. The molecule has 0 bridgehead atoms. The van der Waals surface area contributed by atoms with E-state index in [9.17, 15) is 14.9 Å². The van der Waals surface area contributed by atoms with Crippen molar-refractivity contribution >= 4 is 56.7 Å². The standard InChI is InChI=1S/C7H2Cl2INO3/c8-4-2-5(10)3(7(9)12)1-6(4)11(13)14/h1-2H. The van der Waals surface area contributed by atoms with Gasteiger partial charge in [-0.2, -0.15) is 0 Å². The molecule has 0 aliphatic heterocycles. The van der Waals surface area contributed by atoms with Crippen molar-refractivity contribution in [2.45, 2.75) is 0 Å². The van der Waals surface area contributed by atoms with E-state index in [0.29, 0.717) is 3.57 Å². The summed E-state index contributed by atoms with van der Waals surface area (Å²) in [7, 11) is 0. The zero-order chi connectivity index (χ0) is 10.9. The second-order valence-corrected chi connectivity index (χ2v) is 4.23. The van der Waals surface area contributed by atoms with E-state index in [-0.39, 0.29) is 16.3 Å². The second kappa shape index (κ2) is 4.41. The summed E-state index contributed by atoms with van der Waals surface area (Å²) in [6.45, 7) is 0. The van der Waals surface area contributed by atoms with Crippen molar-refractivity contribution in [1.29, 1.82) is 0 Å². The third-order valence-electron chi connectivity index (χ3n) is 1.44. The van der Waals surface area contributed by atoms with Gasteiger partial charge in [0.1, 0.15) is 5.02 Å². The van der Waals surface area contributed by atoms with Crippen LogP contribution in [0, 0.1) is 13.7 Å². The summed E-state index contributed by atoms with van der Waals surface area (Å²) < 4.78 is 0.484. The minimum absolute atomic E-state index is 0.0129. The highest BCUT2D eigenvalue weighted by Gasteiger charge is 2.18. The zero-order valence-electron chi connectivity index (χ0n) is 6.46. The fourth-order valence-electron chi connectivity index (χ4n) is 0.828. The van der Waals surface area contributed by atoms with Crippen LogP contribution < -0.4 is 0 Å². The molecule has 7 heteroatoms. The van der Waals surface area contributed by atoms with Crippen LogP contribution in [0.25, 0.3) is 0 Å². The molecule has 0 aromatic heterocycles. The van der Waals surface area contributed by atoms with Crippen LogP contribution in [0.2, 0.25) is 5.02 Å². The van der Waals surface area contributed by atoms with Crippen LogP contribution in [0.15, 0.2) is 12.1 Å². The van der Waals surface area contributed by atoms with Crippen molar-refractivity contribution in [3.8, 4) is 0 Å². The molecule has 14 heavy (non-hydrogen) atoms. The highest BCUT2D eigenvalue weighted by Crippen LogP contribution is 2.29. The molecule has 1 rings (SSSR count). The number of nitro groups is 1. The van der Waals surface area contributed by atoms with E-state index in [1.165, 1.54) is 6.07 Å². The normalized spacial score (nSPS) is 9.93. The van der Waals surface area contributed by atoms with E-state index in [2.05, 4.69) is 0 Å². The van der Waals surface area contributed by atoms with Crippen LogP contribution >= 0.6 is 45.8 Å². The summed E-state index contributed by atoms with van der Waals surface area (Å²) in [4.78, 5) is 20.7. The molecule has 1 aromatic rings. The summed E-state index contributed by atoms with van der Waals surface area (Å²) >= 11 is 12.7. The maximum absolute atomic E-state index is 10.8. The maximum Gasteiger partial charge on any atom is 0.288 e. The van der Waals surface area contributed by atoms with Gasteiger partial charge in [0.25, 0.3) is 10.9 Å². The van der Waals surface area contributed by atoms with Crippen LogP contribution in [0.4, 0.5) is 5.69 Å². The smallest absolute Gasteiger partial charge is 0.276 e. The molecule has 0 unspecified atom stereocenters. The van der Waals surface area contributed by atoms with Gasteiger partial charge in [0.2, 0.25) is 0 Å². The molecule has 0 atom stereocenters. The number of hydrogen-bond acceptors (Lipinski definition) is 3. The van der Waals surface area contributed by atoms with Gasteiger partial charge < -0.3 is 0 Å². The number of hydrogen-bond donors (Lipinski definition) is 0. The van der Waals surface area contributed by atoms with E-state index in [0.717, 1.165) is 6.07 Å². The molecule has 0 amide bonds. The molecule has 0 spiro atoms. The quantitative estimate of drug-likeness (QED) is 0.358. The molecule has 0 radical (unpaired) electrons. The Kier molecular flexibility index (Phi) is 3.68. The first kappa shape index (κ1) is 11.7. The highest BCUT2D eigenvalue weighted by atomic mass is 127. The first-order valence-corrected chi connectivity index (χ1v) is 5.10.